The molecular formula is C17H26N3O3Y-. The molecule has 0 aliphatic heterocycles. The molecule has 0 aromatic carbocycles. The number of carbonyl (C=O) groups excluding carboxylic acids is 1. The first kappa shape index (κ1) is 27.3. The van der Waals surface area contributed by atoms with Gasteiger partial charge in [0, 0.05) is 46.6 Å². The Morgan fingerprint density at radius 3 is 1.92 bits per heavy atom. The minimum absolute atomic E-state index is 0. The standard InChI is InChI=1S/C5H7N3O2.C5H6.C4H4O.C2H6.CH3.Y/c1-3(9)6-5-8-7-4(2)10-5;2*1-2-4-5-3-1;1-2;;/h1-2H3,(H,6,8,9);1-4H,5H2;1-4H;1-2H3;1H3;/q;;;;-1;. The zero-order valence-electron chi connectivity index (χ0n) is 15.0. The molecule has 24 heavy (non-hydrogen) atoms. The molecule has 1 radical (unpaired) electrons. The Balaban J connectivity index is -0.000000270. The van der Waals surface area contributed by atoms with Crippen LogP contribution in [0.3, 0.4) is 0 Å². The Labute approximate surface area is 169 Å². The van der Waals surface area contributed by atoms with E-state index in [1.165, 1.54) is 6.92 Å². The summed E-state index contributed by atoms with van der Waals surface area (Å²) in [6.45, 7) is 7.03. The molecule has 1 amide bonds. The number of furan rings is 1. The van der Waals surface area contributed by atoms with Crippen molar-refractivity contribution in [3.63, 3.8) is 0 Å². The summed E-state index contributed by atoms with van der Waals surface area (Å²) in [6.07, 6.45) is 12.8. The van der Waals surface area contributed by atoms with Gasteiger partial charge in [-0.05, 0) is 18.6 Å². The topological polar surface area (TPSA) is 81.2 Å². The predicted molar refractivity (Wildman–Crippen MR) is 92.7 cm³/mol. The van der Waals surface area contributed by atoms with Gasteiger partial charge in [0.1, 0.15) is 0 Å². The van der Waals surface area contributed by atoms with E-state index in [4.69, 9.17) is 4.42 Å². The van der Waals surface area contributed by atoms with Gasteiger partial charge in [-0.25, -0.2) is 0 Å². The van der Waals surface area contributed by atoms with E-state index in [1.54, 1.807) is 19.5 Å². The maximum Gasteiger partial charge on any atom is 0.322 e. The fourth-order valence-electron chi connectivity index (χ4n) is 1.12. The molecule has 0 saturated heterocycles. The van der Waals surface area contributed by atoms with Crippen molar-refractivity contribution in [2.75, 3.05) is 5.32 Å². The second-order valence-corrected chi connectivity index (χ2v) is 3.69. The second kappa shape index (κ2) is 19.5. The number of anilines is 1. The molecule has 0 spiro atoms. The average Bonchev–Trinajstić information content (AvgIpc) is 3.27. The molecule has 3 rings (SSSR count). The Bertz CT molecular complexity index is 522. The van der Waals surface area contributed by atoms with E-state index in [1.807, 2.05) is 26.0 Å². The van der Waals surface area contributed by atoms with Crippen LogP contribution in [0, 0.1) is 14.4 Å². The van der Waals surface area contributed by atoms with E-state index in [0.29, 0.717) is 5.89 Å². The fourth-order valence-corrected chi connectivity index (χ4v) is 1.12. The van der Waals surface area contributed by atoms with Gasteiger partial charge in [0.25, 0.3) is 0 Å². The molecule has 2 heterocycles. The number of amides is 1. The monoisotopic (exact) mass is 409 g/mol. The normalized spacial score (nSPS) is 9.50. The molecule has 1 aliphatic carbocycles. The van der Waals surface area contributed by atoms with Gasteiger partial charge in [0.15, 0.2) is 0 Å². The molecule has 0 saturated carbocycles. The summed E-state index contributed by atoms with van der Waals surface area (Å²) in [5, 5.41) is 9.39. The SMILES string of the molecule is C1=CCC=C1.CC.CC(=O)Nc1nnc(C)o1.[CH3-].[Y].c1ccoc1. The maximum atomic E-state index is 10.4. The quantitative estimate of drug-likeness (QED) is 0.697. The van der Waals surface area contributed by atoms with E-state index in [2.05, 4.69) is 44.2 Å². The van der Waals surface area contributed by atoms with E-state index in [9.17, 15) is 4.79 Å². The first-order valence-electron chi connectivity index (χ1n) is 7.05. The van der Waals surface area contributed by atoms with E-state index in [0.717, 1.165) is 6.42 Å². The number of aromatic nitrogens is 2. The molecule has 6 nitrogen and oxygen atoms in total. The Morgan fingerprint density at radius 1 is 1.12 bits per heavy atom. The molecule has 2 aromatic heterocycles. The van der Waals surface area contributed by atoms with Crippen molar-refractivity contribution in [1.82, 2.24) is 10.2 Å². The van der Waals surface area contributed by atoms with Crippen molar-refractivity contribution < 1.29 is 46.3 Å². The third kappa shape index (κ3) is 16.8. The first-order chi connectivity index (χ1) is 10.7. The zero-order valence-corrected chi connectivity index (χ0v) is 17.9. The van der Waals surface area contributed by atoms with Crippen LogP contribution in [-0.2, 0) is 37.5 Å². The van der Waals surface area contributed by atoms with Gasteiger partial charge >= 0.3 is 6.01 Å². The number of carbonyl (C=O) groups is 1. The molecule has 131 valence electrons. The summed E-state index contributed by atoms with van der Waals surface area (Å²) in [4.78, 5) is 10.4. The van der Waals surface area contributed by atoms with Gasteiger partial charge in [-0.15, -0.1) is 5.10 Å². The Hall–Kier alpha value is -1.53. The largest absolute Gasteiger partial charge is 0.473 e. The van der Waals surface area contributed by atoms with Crippen LogP contribution >= 0.6 is 0 Å². The second-order valence-electron chi connectivity index (χ2n) is 3.69. The summed E-state index contributed by atoms with van der Waals surface area (Å²) in [5.41, 5.74) is 0. The van der Waals surface area contributed by atoms with E-state index >= 15 is 0 Å². The first-order valence-corrected chi connectivity index (χ1v) is 7.05. The molecular weight excluding hydrogens is 383 g/mol. The van der Waals surface area contributed by atoms with Crippen molar-refractivity contribution in [2.24, 2.45) is 0 Å². The smallest absolute Gasteiger partial charge is 0.322 e. The summed E-state index contributed by atoms with van der Waals surface area (Å²) in [5.74, 6) is 0.215. The minimum atomic E-state index is -0.219. The summed E-state index contributed by atoms with van der Waals surface area (Å²) in [6, 6.07) is 3.81. The Kier molecular flexibility index (Phi) is 22.2. The molecule has 7 heteroatoms. The van der Waals surface area contributed by atoms with Gasteiger partial charge in [-0.3, -0.25) is 10.1 Å². The number of nitrogens with zero attached hydrogens (tertiary/aromatic N) is 2. The molecule has 0 fully saturated rings. The van der Waals surface area contributed by atoms with Gasteiger partial charge in [-0.2, -0.15) is 0 Å². The van der Waals surface area contributed by atoms with Crippen LogP contribution in [0.4, 0.5) is 6.01 Å². The minimum Gasteiger partial charge on any atom is -0.473 e. The van der Waals surface area contributed by atoms with Gasteiger partial charge < -0.3 is 16.3 Å². The fraction of sp³-hybridized carbons (Fsp3) is 0.294. The van der Waals surface area contributed by atoms with Crippen molar-refractivity contribution in [3.05, 3.63) is 62.3 Å². The molecule has 0 unspecified atom stereocenters. The van der Waals surface area contributed by atoms with Crippen molar-refractivity contribution in [1.29, 1.82) is 0 Å². The van der Waals surface area contributed by atoms with Crippen LogP contribution in [0.1, 0.15) is 33.1 Å². The van der Waals surface area contributed by atoms with Crippen LogP contribution in [-0.4, -0.2) is 16.1 Å². The van der Waals surface area contributed by atoms with Crippen molar-refractivity contribution >= 4 is 11.9 Å². The number of aryl methyl sites for hydroxylation is 1. The van der Waals surface area contributed by atoms with Gasteiger partial charge in [0.2, 0.25) is 11.8 Å². The van der Waals surface area contributed by atoms with Gasteiger partial charge in [-0.1, -0.05) is 43.3 Å². The molecule has 0 atom stereocenters. The summed E-state index contributed by atoms with van der Waals surface area (Å²) >= 11 is 0. The van der Waals surface area contributed by atoms with Crippen molar-refractivity contribution in [2.45, 2.75) is 34.1 Å². The number of rotatable bonds is 1. The zero-order chi connectivity index (χ0) is 16.6. The number of hydrogen-bond donors (Lipinski definition) is 1. The number of hydrogen-bond acceptors (Lipinski definition) is 5. The third-order valence-corrected chi connectivity index (χ3v) is 1.89. The maximum absolute atomic E-state index is 10.4. The molecule has 1 aliphatic rings. The molecule has 0 bridgehead atoms. The predicted octanol–water partition coefficient (Wildman–Crippen LogP) is 4.59. The van der Waals surface area contributed by atoms with E-state index < -0.39 is 0 Å². The van der Waals surface area contributed by atoms with Crippen LogP contribution in [0.5, 0.6) is 0 Å². The Morgan fingerprint density at radius 2 is 1.67 bits per heavy atom. The van der Waals surface area contributed by atoms with Crippen LogP contribution in [0.2, 0.25) is 0 Å². The average molecular weight is 409 g/mol. The van der Waals surface area contributed by atoms with Crippen molar-refractivity contribution in [3.8, 4) is 0 Å². The third-order valence-electron chi connectivity index (χ3n) is 1.89. The number of nitrogens with one attached hydrogen (secondary N) is 1. The number of allylic oxidation sites excluding steroid dienone is 4. The summed E-state index contributed by atoms with van der Waals surface area (Å²) < 4.78 is 9.42. The van der Waals surface area contributed by atoms with Crippen LogP contribution < -0.4 is 5.32 Å². The van der Waals surface area contributed by atoms with E-state index in [-0.39, 0.29) is 52.1 Å². The van der Waals surface area contributed by atoms with Gasteiger partial charge in [0.05, 0.1) is 12.5 Å². The molecule has 1 N–H and O–H groups in total. The van der Waals surface area contributed by atoms with Crippen LogP contribution in [0.25, 0.3) is 0 Å². The molecule has 2 aromatic rings. The summed E-state index contributed by atoms with van der Waals surface area (Å²) in [7, 11) is 0. The van der Waals surface area contributed by atoms with Crippen LogP contribution in [0.15, 0.2) is 57.8 Å².